The molecule has 0 saturated heterocycles. The number of hydrogen-bond donors (Lipinski definition) is 0. The number of hydrogen-bond acceptors (Lipinski definition) is 2. The lowest BCUT2D eigenvalue weighted by Crippen LogP contribution is -2.04. The zero-order chi connectivity index (χ0) is 22.1. The first-order chi connectivity index (χ1) is 14.7. The first-order valence-corrected chi connectivity index (χ1v) is 13.6. The van der Waals surface area contributed by atoms with E-state index in [2.05, 4.69) is 13.5 Å². The number of unbranched alkanes of at least 4 members (excludes halogenated alkanes) is 21. The molecule has 0 heterocycles. The van der Waals surface area contributed by atoms with E-state index in [1.807, 2.05) is 0 Å². The normalized spacial score (nSPS) is 11.0. The van der Waals surface area contributed by atoms with Crippen LogP contribution in [-0.2, 0) is 9.53 Å². The van der Waals surface area contributed by atoms with E-state index in [0.29, 0.717) is 6.61 Å². The molecule has 0 saturated carbocycles. The Bertz CT molecular complexity index is 381. The van der Waals surface area contributed by atoms with E-state index in [1.165, 1.54) is 128 Å². The average Bonchev–Trinajstić information content (AvgIpc) is 2.74. The van der Waals surface area contributed by atoms with Gasteiger partial charge in [-0.1, -0.05) is 160 Å². The van der Waals surface area contributed by atoms with Crippen LogP contribution in [0.15, 0.2) is 11.6 Å². The minimum Gasteiger partial charge on any atom is -0.461 e. The van der Waals surface area contributed by atoms with Crippen LogP contribution in [0.1, 0.15) is 148 Å². The van der Waals surface area contributed by atoms with Crippen LogP contribution in [0.2, 0.25) is 0 Å². The largest absolute Gasteiger partial charge is 0.461 e. The molecular formula is C27H51ClO2. The smallest absolute Gasteiger partial charge is 0.349 e. The quantitative estimate of drug-likeness (QED) is 0.0843. The first-order valence-electron chi connectivity index (χ1n) is 13.2. The van der Waals surface area contributed by atoms with E-state index in [9.17, 15) is 4.79 Å². The van der Waals surface area contributed by atoms with Crippen molar-refractivity contribution < 1.29 is 9.53 Å². The van der Waals surface area contributed by atoms with Crippen molar-refractivity contribution in [2.75, 3.05) is 6.61 Å². The summed E-state index contributed by atoms with van der Waals surface area (Å²) in [5, 5.41) is -0.0335. The van der Waals surface area contributed by atoms with Crippen molar-refractivity contribution in [3.05, 3.63) is 11.6 Å². The molecule has 0 unspecified atom stereocenters. The van der Waals surface area contributed by atoms with E-state index in [-0.39, 0.29) is 5.03 Å². The molecule has 0 atom stereocenters. The van der Waals surface area contributed by atoms with E-state index in [4.69, 9.17) is 16.3 Å². The van der Waals surface area contributed by atoms with Gasteiger partial charge in [0.1, 0.15) is 5.03 Å². The summed E-state index contributed by atoms with van der Waals surface area (Å²) in [6.45, 7) is 6.11. The third kappa shape index (κ3) is 23.8. The predicted octanol–water partition coefficient (Wildman–Crippen LogP) is 9.88. The highest BCUT2D eigenvalue weighted by Gasteiger charge is 2.03. The SMILES string of the molecule is C=C(Cl)C(=O)OCCCCCCCCCCCCCCCCCCCCCCCC. The number of halogens is 1. The fourth-order valence-electron chi connectivity index (χ4n) is 3.95. The van der Waals surface area contributed by atoms with Gasteiger partial charge in [-0.3, -0.25) is 0 Å². The van der Waals surface area contributed by atoms with Gasteiger partial charge in [0.15, 0.2) is 0 Å². The lowest BCUT2D eigenvalue weighted by molar-refractivity contribution is -0.138. The molecule has 0 radical (unpaired) electrons. The maximum absolute atomic E-state index is 11.1. The van der Waals surface area contributed by atoms with Gasteiger partial charge in [-0.25, -0.2) is 4.79 Å². The molecule has 2 nitrogen and oxygen atoms in total. The molecule has 0 fully saturated rings. The molecule has 3 heteroatoms. The number of carbonyl (C=O) groups is 1. The van der Waals surface area contributed by atoms with Gasteiger partial charge in [0, 0.05) is 0 Å². The van der Waals surface area contributed by atoms with Crippen molar-refractivity contribution >= 4 is 17.6 Å². The molecule has 0 aromatic heterocycles. The molecule has 0 spiro atoms. The van der Waals surface area contributed by atoms with Crippen molar-refractivity contribution in [1.29, 1.82) is 0 Å². The lowest BCUT2D eigenvalue weighted by Gasteiger charge is -2.05. The minimum atomic E-state index is -0.486. The zero-order valence-corrected chi connectivity index (χ0v) is 20.9. The summed E-state index contributed by atoms with van der Waals surface area (Å²) in [6.07, 6.45) is 30.3. The third-order valence-electron chi connectivity index (χ3n) is 5.95. The second-order valence-corrected chi connectivity index (χ2v) is 9.42. The molecule has 0 amide bonds. The van der Waals surface area contributed by atoms with Crippen molar-refractivity contribution in [2.45, 2.75) is 148 Å². The number of ether oxygens (including phenoxy) is 1. The van der Waals surface area contributed by atoms with Crippen LogP contribution < -0.4 is 0 Å². The Kier molecular flexibility index (Phi) is 24.4. The first kappa shape index (κ1) is 29.5. The van der Waals surface area contributed by atoms with Crippen molar-refractivity contribution in [3.8, 4) is 0 Å². The molecule has 0 aliphatic rings. The van der Waals surface area contributed by atoms with Crippen molar-refractivity contribution in [1.82, 2.24) is 0 Å². The summed E-state index contributed by atoms with van der Waals surface area (Å²) in [5.74, 6) is -0.486. The molecule has 0 aliphatic carbocycles. The van der Waals surface area contributed by atoms with Gasteiger partial charge in [0.2, 0.25) is 0 Å². The highest BCUT2D eigenvalue weighted by atomic mass is 35.5. The van der Waals surface area contributed by atoms with Gasteiger partial charge in [-0.15, -0.1) is 0 Å². The molecule has 0 aromatic rings. The molecule has 0 aliphatic heterocycles. The molecular weight excluding hydrogens is 392 g/mol. The fourth-order valence-corrected chi connectivity index (χ4v) is 4.01. The number of rotatable bonds is 24. The van der Waals surface area contributed by atoms with E-state index in [0.717, 1.165) is 12.8 Å². The zero-order valence-electron chi connectivity index (χ0n) is 20.2. The minimum absolute atomic E-state index is 0.0335. The van der Waals surface area contributed by atoms with Crippen LogP contribution in [0.3, 0.4) is 0 Å². The summed E-state index contributed by atoms with van der Waals surface area (Å²) in [6, 6.07) is 0. The van der Waals surface area contributed by atoms with Gasteiger partial charge >= 0.3 is 5.97 Å². The Balaban J connectivity index is 3.05. The van der Waals surface area contributed by atoms with Gasteiger partial charge in [0.25, 0.3) is 0 Å². The average molecular weight is 443 g/mol. The highest BCUT2D eigenvalue weighted by molar-refractivity contribution is 6.40. The van der Waals surface area contributed by atoms with E-state index in [1.54, 1.807) is 0 Å². The fraction of sp³-hybridized carbons (Fsp3) is 0.889. The highest BCUT2D eigenvalue weighted by Crippen LogP contribution is 2.15. The Morgan fingerprint density at radius 2 is 0.833 bits per heavy atom. The standard InChI is InChI=1S/C27H51ClO2/c1-3-4-5-6-7-8-9-10-11-12-13-14-15-16-17-18-19-20-21-22-23-24-25-30-27(29)26(2)28/h2-25H2,1H3. The molecule has 0 aromatic carbocycles. The monoisotopic (exact) mass is 442 g/mol. The van der Waals surface area contributed by atoms with Crippen LogP contribution in [0.25, 0.3) is 0 Å². The maximum Gasteiger partial charge on any atom is 0.349 e. The van der Waals surface area contributed by atoms with Crippen LogP contribution in [0.5, 0.6) is 0 Å². The Labute approximate surface area is 193 Å². The summed E-state index contributed by atoms with van der Waals surface area (Å²) >= 11 is 5.46. The maximum atomic E-state index is 11.1. The number of carbonyl (C=O) groups excluding carboxylic acids is 1. The van der Waals surface area contributed by atoms with Gasteiger partial charge in [-0.2, -0.15) is 0 Å². The molecule has 30 heavy (non-hydrogen) atoms. The summed E-state index contributed by atoms with van der Waals surface area (Å²) in [5.41, 5.74) is 0. The van der Waals surface area contributed by atoms with Crippen LogP contribution in [0.4, 0.5) is 0 Å². The molecule has 178 valence electrons. The van der Waals surface area contributed by atoms with Gasteiger partial charge < -0.3 is 4.74 Å². The number of esters is 1. The summed E-state index contributed by atoms with van der Waals surface area (Å²) in [7, 11) is 0. The van der Waals surface area contributed by atoms with Gasteiger partial charge in [-0.05, 0) is 6.42 Å². The van der Waals surface area contributed by atoms with Crippen LogP contribution in [0, 0.1) is 0 Å². The van der Waals surface area contributed by atoms with E-state index < -0.39 is 5.97 Å². The molecule has 0 N–H and O–H groups in total. The van der Waals surface area contributed by atoms with Crippen LogP contribution >= 0.6 is 11.6 Å². The summed E-state index contributed by atoms with van der Waals surface area (Å²) in [4.78, 5) is 11.1. The third-order valence-corrected chi connectivity index (χ3v) is 6.11. The van der Waals surface area contributed by atoms with Crippen LogP contribution in [-0.4, -0.2) is 12.6 Å². The Hall–Kier alpha value is -0.500. The predicted molar refractivity (Wildman–Crippen MR) is 133 cm³/mol. The topological polar surface area (TPSA) is 26.3 Å². The molecule has 0 bridgehead atoms. The van der Waals surface area contributed by atoms with Gasteiger partial charge in [0.05, 0.1) is 6.61 Å². The Morgan fingerprint density at radius 1 is 0.567 bits per heavy atom. The second kappa shape index (κ2) is 24.8. The lowest BCUT2D eigenvalue weighted by atomic mass is 10.0. The van der Waals surface area contributed by atoms with Crippen molar-refractivity contribution in [3.63, 3.8) is 0 Å². The second-order valence-electron chi connectivity index (χ2n) is 8.97. The van der Waals surface area contributed by atoms with Crippen molar-refractivity contribution in [2.24, 2.45) is 0 Å². The summed E-state index contributed by atoms with van der Waals surface area (Å²) < 4.78 is 4.98. The Morgan fingerprint density at radius 3 is 1.10 bits per heavy atom. The van der Waals surface area contributed by atoms with E-state index >= 15 is 0 Å². The molecule has 0 rings (SSSR count).